The lowest BCUT2D eigenvalue weighted by molar-refractivity contribution is -0.116. The van der Waals surface area contributed by atoms with Gasteiger partial charge in [-0.2, -0.15) is 0 Å². The molecule has 0 atom stereocenters. The van der Waals surface area contributed by atoms with Crippen LogP contribution in [-0.4, -0.2) is 17.6 Å². The Morgan fingerprint density at radius 3 is 2.60 bits per heavy atom. The molecule has 108 valence electrons. The minimum atomic E-state index is -0.248. The highest BCUT2D eigenvalue weighted by atomic mass is 32.1. The van der Waals surface area contributed by atoms with Crippen molar-refractivity contribution in [3.63, 3.8) is 0 Å². The maximum absolute atomic E-state index is 11.6. The molecule has 1 rings (SSSR count). The minimum absolute atomic E-state index is 0.248. The predicted octanol–water partition coefficient (Wildman–Crippen LogP) is 2.24. The first kappa shape index (κ1) is 16.2. The maximum atomic E-state index is 11.6. The molecular formula is C15H21N3OS. The normalized spacial score (nSPS) is 10.6. The summed E-state index contributed by atoms with van der Waals surface area (Å²) in [5.41, 5.74) is 6.15. The van der Waals surface area contributed by atoms with E-state index < -0.39 is 0 Å². The zero-order valence-electron chi connectivity index (χ0n) is 11.8. The van der Waals surface area contributed by atoms with Crippen LogP contribution in [0.2, 0.25) is 0 Å². The molecule has 1 amide bonds. The Balaban J connectivity index is 2.23. The Morgan fingerprint density at radius 2 is 1.95 bits per heavy atom. The number of hydrogen-bond donors (Lipinski definition) is 3. The van der Waals surface area contributed by atoms with Crippen molar-refractivity contribution in [2.75, 3.05) is 6.54 Å². The average molecular weight is 291 g/mol. The van der Waals surface area contributed by atoms with E-state index in [4.69, 9.17) is 12.2 Å². The molecule has 0 saturated carbocycles. The first-order valence-electron chi connectivity index (χ1n) is 6.65. The average Bonchev–Trinajstić information content (AvgIpc) is 2.43. The molecule has 0 fully saturated rings. The summed E-state index contributed by atoms with van der Waals surface area (Å²) < 4.78 is 0. The number of hydrazine groups is 1. The first-order valence-corrected chi connectivity index (χ1v) is 7.05. The molecule has 0 aliphatic rings. The van der Waals surface area contributed by atoms with E-state index in [2.05, 4.69) is 30.0 Å². The van der Waals surface area contributed by atoms with Crippen molar-refractivity contribution in [1.82, 2.24) is 16.2 Å². The number of thiocarbonyl (C=S) groups is 1. The summed E-state index contributed by atoms with van der Waals surface area (Å²) in [4.78, 5) is 11.6. The minimum Gasteiger partial charge on any atom is -0.361 e. The van der Waals surface area contributed by atoms with Crippen molar-refractivity contribution in [2.45, 2.75) is 20.3 Å². The van der Waals surface area contributed by atoms with E-state index in [0.29, 0.717) is 11.0 Å². The maximum Gasteiger partial charge on any atom is 0.262 e. The third-order valence-electron chi connectivity index (χ3n) is 2.53. The highest BCUT2D eigenvalue weighted by molar-refractivity contribution is 7.80. The molecule has 1 aromatic rings. The highest BCUT2D eigenvalue weighted by Gasteiger charge is 1.98. The van der Waals surface area contributed by atoms with Gasteiger partial charge in [0.15, 0.2) is 5.11 Å². The van der Waals surface area contributed by atoms with Gasteiger partial charge in [0, 0.05) is 12.6 Å². The van der Waals surface area contributed by atoms with Gasteiger partial charge in [0.05, 0.1) is 0 Å². The Hall–Kier alpha value is -1.88. The monoisotopic (exact) mass is 291 g/mol. The number of hydrogen-bond acceptors (Lipinski definition) is 2. The van der Waals surface area contributed by atoms with E-state index >= 15 is 0 Å². The van der Waals surface area contributed by atoms with Crippen LogP contribution in [0, 0.1) is 5.92 Å². The van der Waals surface area contributed by atoms with Crippen LogP contribution in [0.4, 0.5) is 0 Å². The topological polar surface area (TPSA) is 53.2 Å². The van der Waals surface area contributed by atoms with E-state index in [1.807, 2.05) is 30.3 Å². The molecule has 0 aromatic heterocycles. The van der Waals surface area contributed by atoms with Crippen molar-refractivity contribution < 1.29 is 4.79 Å². The highest BCUT2D eigenvalue weighted by Crippen LogP contribution is 2.00. The predicted molar refractivity (Wildman–Crippen MR) is 86.8 cm³/mol. The van der Waals surface area contributed by atoms with Gasteiger partial charge in [0.1, 0.15) is 0 Å². The summed E-state index contributed by atoms with van der Waals surface area (Å²) in [6.07, 6.45) is 4.23. The van der Waals surface area contributed by atoms with E-state index in [9.17, 15) is 4.79 Å². The smallest absolute Gasteiger partial charge is 0.262 e. The second-order valence-corrected chi connectivity index (χ2v) is 5.20. The Kier molecular flexibility index (Phi) is 7.35. The van der Waals surface area contributed by atoms with Crippen LogP contribution < -0.4 is 16.2 Å². The van der Waals surface area contributed by atoms with Crippen LogP contribution in [0.1, 0.15) is 25.8 Å². The SMILES string of the molecule is CC(C)CCNC(=S)NNC(=O)/C=C/c1ccccc1. The molecule has 4 nitrogen and oxygen atoms in total. The van der Waals surface area contributed by atoms with Crippen LogP contribution in [0.5, 0.6) is 0 Å². The molecule has 0 unspecified atom stereocenters. The fourth-order valence-electron chi connectivity index (χ4n) is 1.41. The first-order chi connectivity index (χ1) is 9.58. The third kappa shape index (κ3) is 7.53. The molecule has 0 saturated heterocycles. The molecule has 0 bridgehead atoms. The molecule has 0 aliphatic carbocycles. The van der Waals surface area contributed by atoms with Crippen molar-refractivity contribution >= 4 is 29.3 Å². The van der Waals surface area contributed by atoms with Crippen molar-refractivity contribution in [3.05, 3.63) is 42.0 Å². The molecule has 3 N–H and O–H groups in total. The van der Waals surface area contributed by atoms with Crippen LogP contribution in [-0.2, 0) is 4.79 Å². The van der Waals surface area contributed by atoms with Crippen molar-refractivity contribution in [3.8, 4) is 0 Å². The number of rotatable bonds is 5. The molecule has 0 heterocycles. The van der Waals surface area contributed by atoms with Gasteiger partial charge in [-0.05, 0) is 36.2 Å². The van der Waals surface area contributed by atoms with Gasteiger partial charge >= 0.3 is 0 Å². The van der Waals surface area contributed by atoms with Gasteiger partial charge in [0.25, 0.3) is 5.91 Å². The molecule has 0 radical (unpaired) electrons. The third-order valence-corrected chi connectivity index (χ3v) is 2.78. The van der Waals surface area contributed by atoms with E-state index in [1.54, 1.807) is 6.08 Å². The molecule has 5 heteroatoms. The number of carbonyl (C=O) groups excluding carboxylic acids is 1. The Labute approximate surface area is 125 Å². The molecule has 0 aliphatic heterocycles. The zero-order chi connectivity index (χ0) is 14.8. The lowest BCUT2D eigenvalue weighted by atomic mass is 10.1. The van der Waals surface area contributed by atoms with Gasteiger partial charge in [-0.15, -0.1) is 0 Å². The second-order valence-electron chi connectivity index (χ2n) is 4.80. The molecule has 20 heavy (non-hydrogen) atoms. The quantitative estimate of drug-likeness (QED) is 0.442. The van der Waals surface area contributed by atoms with Crippen LogP contribution in [0.15, 0.2) is 36.4 Å². The summed E-state index contributed by atoms with van der Waals surface area (Å²) in [6.45, 7) is 5.09. The van der Waals surface area contributed by atoms with Crippen LogP contribution in [0.25, 0.3) is 6.08 Å². The summed E-state index contributed by atoms with van der Waals surface area (Å²) >= 11 is 5.04. The van der Waals surface area contributed by atoms with E-state index in [0.717, 1.165) is 18.5 Å². The van der Waals surface area contributed by atoms with Crippen molar-refractivity contribution in [2.24, 2.45) is 5.92 Å². The Bertz CT molecular complexity index is 457. The van der Waals surface area contributed by atoms with Crippen molar-refractivity contribution in [1.29, 1.82) is 0 Å². The standard InChI is InChI=1S/C15H21N3OS/c1-12(2)10-11-16-15(20)18-17-14(19)9-8-13-6-4-3-5-7-13/h3-9,12H,10-11H2,1-2H3,(H,17,19)(H2,16,18,20)/b9-8+. The molecule has 1 aromatic carbocycles. The zero-order valence-corrected chi connectivity index (χ0v) is 12.7. The van der Waals surface area contributed by atoms with Crippen LogP contribution >= 0.6 is 12.2 Å². The molecular weight excluding hydrogens is 270 g/mol. The van der Waals surface area contributed by atoms with E-state index in [1.165, 1.54) is 6.08 Å². The fraction of sp³-hybridized carbons (Fsp3) is 0.333. The van der Waals surface area contributed by atoms with Gasteiger partial charge in [-0.1, -0.05) is 44.2 Å². The summed E-state index contributed by atoms with van der Waals surface area (Å²) in [7, 11) is 0. The largest absolute Gasteiger partial charge is 0.361 e. The molecule has 0 spiro atoms. The fourth-order valence-corrected chi connectivity index (χ4v) is 1.57. The summed E-state index contributed by atoms with van der Waals surface area (Å²) in [5, 5.41) is 3.45. The number of amides is 1. The lowest BCUT2D eigenvalue weighted by Gasteiger charge is -2.11. The summed E-state index contributed by atoms with van der Waals surface area (Å²) in [6, 6.07) is 9.62. The van der Waals surface area contributed by atoms with Gasteiger partial charge < -0.3 is 5.32 Å². The van der Waals surface area contributed by atoms with Gasteiger partial charge in [-0.25, -0.2) is 0 Å². The Morgan fingerprint density at radius 1 is 1.25 bits per heavy atom. The summed E-state index contributed by atoms with van der Waals surface area (Å²) in [5.74, 6) is 0.371. The van der Waals surface area contributed by atoms with Gasteiger partial charge in [-0.3, -0.25) is 15.6 Å². The van der Waals surface area contributed by atoms with Gasteiger partial charge in [0.2, 0.25) is 0 Å². The number of nitrogens with one attached hydrogen (secondary N) is 3. The second kappa shape index (κ2) is 9.09. The van der Waals surface area contributed by atoms with Crippen LogP contribution in [0.3, 0.4) is 0 Å². The number of benzene rings is 1. The number of carbonyl (C=O) groups is 1. The van der Waals surface area contributed by atoms with E-state index in [-0.39, 0.29) is 5.91 Å². The lowest BCUT2D eigenvalue weighted by Crippen LogP contribution is -2.46.